The zero-order chi connectivity index (χ0) is 16.0. The lowest BCUT2D eigenvalue weighted by molar-refractivity contribution is -0.384. The van der Waals surface area contributed by atoms with Crippen LogP contribution in [0.15, 0.2) is 36.9 Å². The fraction of sp³-hybridized carbons (Fsp3) is 0.467. The van der Waals surface area contributed by atoms with Crippen molar-refractivity contribution in [2.24, 2.45) is 0 Å². The molecule has 0 radical (unpaired) electrons. The number of non-ortho nitro benzene ring substituents is 1. The molecule has 0 unspecified atom stereocenters. The standard InChI is InChI=1S/C15H21NO6/c1-2-7-19-8-9-20-10-11-21-12-13-22-15-5-3-14(4-6-15)16(17)18/h2-6H,1,7-13H2. The smallest absolute Gasteiger partial charge is 0.269 e. The molecule has 0 aliphatic heterocycles. The van der Waals surface area contributed by atoms with E-state index in [2.05, 4.69) is 6.58 Å². The quantitative estimate of drug-likeness (QED) is 0.240. The van der Waals surface area contributed by atoms with Gasteiger partial charge in [0.05, 0.1) is 44.6 Å². The summed E-state index contributed by atoms with van der Waals surface area (Å²) in [6, 6.07) is 5.92. The third-order valence-electron chi connectivity index (χ3n) is 2.52. The van der Waals surface area contributed by atoms with Crippen molar-refractivity contribution in [3.8, 4) is 5.75 Å². The van der Waals surface area contributed by atoms with Gasteiger partial charge in [0.2, 0.25) is 0 Å². The van der Waals surface area contributed by atoms with Gasteiger partial charge in [-0.1, -0.05) is 6.08 Å². The third-order valence-corrected chi connectivity index (χ3v) is 2.52. The van der Waals surface area contributed by atoms with Gasteiger partial charge in [0.1, 0.15) is 12.4 Å². The van der Waals surface area contributed by atoms with Crippen molar-refractivity contribution in [2.75, 3.05) is 46.2 Å². The van der Waals surface area contributed by atoms with Crippen molar-refractivity contribution in [1.82, 2.24) is 0 Å². The van der Waals surface area contributed by atoms with Crippen molar-refractivity contribution in [1.29, 1.82) is 0 Å². The highest BCUT2D eigenvalue weighted by Gasteiger charge is 2.03. The molecule has 1 aromatic carbocycles. The van der Waals surface area contributed by atoms with Crippen molar-refractivity contribution in [3.05, 3.63) is 47.0 Å². The predicted molar refractivity (Wildman–Crippen MR) is 81.2 cm³/mol. The van der Waals surface area contributed by atoms with Gasteiger partial charge in [-0.05, 0) is 12.1 Å². The van der Waals surface area contributed by atoms with E-state index in [1.807, 2.05) is 0 Å². The molecule has 0 spiro atoms. The van der Waals surface area contributed by atoms with Crippen LogP contribution in [0.4, 0.5) is 5.69 Å². The van der Waals surface area contributed by atoms with E-state index in [1.165, 1.54) is 12.1 Å². The van der Waals surface area contributed by atoms with Gasteiger partial charge in [-0.3, -0.25) is 10.1 Å². The van der Waals surface area contributed by atoms with Gasteiger partial charge >= 0.3 is 0 Å². The van der Waals surface area contributed by atoms with Crippen LogP contribution in [0.1, 0.15) is 0 Å². The Kier molecular flexibility index (Phi) is 9.60. The van der Waals surface area contributed by atoms with Gasteiger partial charge in [-0.2, -0.15) is 0 Å². The van der Waals surface area contributed by atoms with E-state index in [4.69, 9.17) is 18.9 Å². The minimum Gasteiger partial charge on any atom is -0.491 e. The van der Waals surface area contributed by atoms with E-state index >= 15 is 0 Å². The molecule has 0 bridgehead atoms. The van der Waals surface area contributed by atoms with Crippen LogP contribution < -0.4 is 4.74 Å². The fourth-order valence-corrected chi connectivity index (χ4v) is 1.49. The molecule has 0 aliphatic carbocycles. The highest BCUT2D eigenvalue weighted by Crippen LogP contribution is 2.16. The Morgan fingerprint density at radius 2 is 1.50 bits per heavy atom. The minimum absolute atomic E-state index is 0.0396. The van der Waals surface area contributed by atoms with Gasteiger partial charge < -0.3 is 18.9 Å². The molecule has 122 valence electrons. The molecule has 1 aromatic rings. The maximum Gasteiger partial charge on any atom is 0.269 e. The average molecular weight is 311 g/mol. The SMILES string of the molecule is C=CCOCCOCCOCCOc1ccc([N+](=O)[O-])cc1. The number of ether oxygens (including phenoxy) is 4. The molecule has 0 saturated heterocycles. The lowest BCUT2D eigenvalue weighted by Gasteiger charge is -2.07. The van der Waals surface area contributed by atoms with Crippen molar-refractivity contribution in [3.63, 3.8) is 0 Å². The summed E-state index contributed by atoms with van der Waals surface area (Å²) in [5.74, 6) is 0.574. The molecular weight excluding hydrogens is 290 g/mol. The first-order valence-electron chi connectivity index (χ1n) is 6.95. The van der Waals surface area contributed by atoms with Crippen LogP contribution in [-0.4, -0.2) is 51.2 Å². The lowest BCUT2D eigenvalue weighted by atomic mass is 10.3. The van der Waals surface area contributed by atoms with Crippen LogP contribution in [0, 0.1) is 10.1 Å². The van der Waals surface area contributed by atoms with E-state index in [-0.39, 0.29) is 5.69 Å². The molecule has 0 amide bonds. The summed E-state index contributed by atoms with van der Waals surface area (Å²) < 4.78 is 21.2. The molecule has 0 N–H and O–H groups in total. The van der Waals surface area contributed by atoms with E-state index in [0.717, 1.165) is 0 Å². The second-order valence-corrected chi connectivity index (χ2v) is 4.19. The largest absolute Gasteiger partial charge is 0.491 e. The summed E-state index contributed by atoms with van der Waals surface area (Å²) in [5.41, 5.74) is 0.0396. The maximum atomic E-state index is 10.5. The molecule has 0 heterocycles. The van der Waals surface area contributed by atoms with Gasteiger partial charge in [0.15, 0.2) is 0 Å². The maximum absolute atomic E-state index is 10.5. The fourth-order valence-electron chi connectivity index (χ4n) is 1.49. The molecule has 1 rings (SSSR count). The second-order valence-electron chi connectivity index (χ2n) is 4.19. The molecule has 0 saturated carbocycles. The first kappa shape index (κ1) is 18.1. The Balaban J connectivity index is 1.95. The molecule has 0 aromatic heterocycles. The third kappa shape index (κ3) is 8.35. The summed E-state index contributed by atoms with van der Waals surface area (Å²) >= 11 is 0. The van der Waals surface area contributed by atoms with Gasteiger partial charge in [-0.15, -0.1) is 6.58 Å². The molecule has 7 heteroatoms. The number of nitrogens with zero attached hydrogens (tertiary/aromatic N) is 1. The van der Waals surface area contributed by atoms with Gasteiger partial charge in [0, 0.05) is 12.1 Å². The summed E-state index contributed by atoms with van der Waals surface area (Å²) in [6.45, 7) is 6.90. The Bertz CT molecular complexity index is 434. The van der Waals surface area contributed by atoms with Gasteiger partial charge in [0.25, 0.3) is 5.69 Å². The topological polar surface area (TPSA) is 80.1 Å². The first-order valence-corrected chi connectivity index (χ1v) is 6.95. The predicted octanol–water partition coefficient (Wildman–Crippen LogP) is 2.21. The highest BCUT2D eigenvalue weighted by atomic mass is 16.6. The van der Waals surface area contributed by atoms with Gasteiger partial charge in [-0.25, -0.2) is 0 Å². The van der Waals surface area contributed by atoms with Crippen molar-refractivity contribution < 1.29 is 23.9 Å². The first-order chi connectivity index (χ1) is 10.7. The summed E-state index contributed by atoms with van der Waals surface area (Å²) in [6.07, 6.45) is 1.69. The Hall–Kier alpha value is -1.96. The second kappa shape index (κ2) is 11.7. The summed E-state index contributed by atoms with van der Waals surface area (Å²) in [7, 11) is 0. The van der Waals surface area contributed by atoms with Crippen LogP contribution in [0.2, 0.25) is 0 Å². The van der Waals surface area contributed by atoms with E-state index in [1.54, 1.807) is 18.2 Å². The molecule has 0 fully saturated rings. The Morgan fingerprint density at radius 3 is 2.05 bits per heavy atom. The van der Waals surface area contributed by atoms with Crippen molar-refractivity contribution in [2.45, 2.75) is 0 Å². The monoisotopic (exact) mass is 311 g/mol. The lowest BCUT2D eigenvalue weighted by Crippen LogP contribution is -2.12. The van der Waals surface area contributed by atoms with Crippen LogP contribution in [0.5, 0.6) is 5.75 Å². The number of hydrogen-bond donors (Lipinski definition) is 0. The number of nitro benzene ring substituents is 1. The van der Waals surface area contributed by atoms with E-state index in [0.29, 0.717) is 52.0 Å². The average Bonchev–Trinajstić information content (AvgIpc) is 2.53. The zero-order valence-corrected chi connectivity index (χ0v) is 12.4. The normalized spacial score (nSPS) is 10.4. The van der Waals surface area contributed by atoms with E-state index in [9.17, 15) is 10.1 Å². The Morgan fingerprint density at radius 1 is 0.955 bits per heavy atom. The molecule has 0 atom stereocenters. The number of rotatable bonds is 13. The molecule has 7 nitrogen and oxygen atoms in total. The zero-order valence-electron chi connectivity index (χ0n) is 12.4. The number of benzene rings is 1. The van der Waals surface area contributed by atoms with Crippen LogP contribution in [0.25, 0.3) is 0 Å². The Labute approximate surface area is 129 Å². The molecular formula is C15H21NO6. The van der Waals surface area contributed by atoms with Crippen LogP contribution in [-0.2, 0) is 14.2 Å². The molecule has 0 aliphatic rings. The minimum atomic E-state index is -0.449. The number of hydrogen-bond acceptors (Lipinski definition) is 6. The van der Waals surface area contributed by atoms with Crippen LogP contribution in [0.3, 0.4) is 0 Å². The number of nitro groups is 1. The van der Waals surface area contributed by atoms with Crippen molar-refractivity contribution >= 4 is 5.69 Å². The molecule has 22 heavy (non-hydrogen) atoms. The highest BCUT2D eigenvalue weighted by molar-refractivity contribution is 5.35. The van der Waals surface area contributed by atoms with E-state index < -0.39 is 4.92 Å². The summed E-state index contributed by atoms with van der Waals surface area (Å²) in [5, 5.41) is 10.5. The van der Waals surface area contributed by atoms with Crippen LogP contribution >= 0.6 is 0 Å². The summed E-state index contributed by atoms with van der Waals surface area (Å²) in [4.78, 5) is 10.0.